The number of hydrogen-bond donors (Lipinski definition) is 0. The van der Waals surface area contributed by atoms with Crippen molar-refractivity contribution in [2.24, 2.45) is 5.92 Å². The molecule has 1 aliphatic rings. The van der Waals surface area contributed by atoms with E-state index in [0.717, 1.165) is 29.6 Å². The number of carbonyl (C=O) groups is 1. The average Bonchev–Trinajstić information content (AvgIpc) is 2.83. The van der Waals surface area contributed by atoms with E-state index in [0.29, 0.717) is 12.6 Å². The average molecular weight is 356 g/mol. The number of esters is 1. The van der Waals surface area contributed by atoms with E-state index in [1.165, 1.54) is 5.56 Å². The molecule has 1 fully saturated rings. The van der Waals surface area contributed by atoms with Crippen LogP contribution in [-0.2, 0) is 16.0 Å². The molecule has 0 amide bonds. The van der Waals surface area contributed by atoms with Crippen LogP contribution in [0, 0.1) is 5.92 Å². The molecule has 2 rings (SSSR count). The van der Waals surface area contributed by atoms with Crippen LogP contribution in [0.3, 0.4) is 0 Å². The summed E-state index contributed by atoms with van der Waals surface area (Å²) in [5.74, 6) is 0.771. The number of ether oxygens (including phenoxy) is 2. The maximum atomic E-state index is 11.9. The first-order valence-corrected chi connectivity index (χ1v) is 8.03. The molecule has 0 unspecified atom stereocenters. The lowest BCUT2D eigenvalue weighted by atomic mass is 10.00. The second kappa shape index (κ2) is 7.27. The summed E-state index contributed by atoms with van der Waals surface area (Å²) in [6.07, 6.45) is 1.77. The summed E-state index contributed by atoms with van der Waals surface area (Å²) in [5.41, 5.74) is 1.23. The first kappa shape index (κ1) is 16.3. The van der Waals surface area contributed by atoms with E-state index in [1.807, 2.05) is 19.1 Å². The summed E-state index contributed by atoms with van der Waals surface area (Å²) >= 11 is 3.59. The van der Waals surface area contributed by atoms with E-state index in [4.69, 9.17) is 9.47 Å². The fourth-order valence-electron chi connectivity index (χ4n) is 2.82. The van der Waals surface area contributed by atoms with Gasteiger partial charge in [0.05, 0.1) is 19.6 Å². The van der Waals surface area contributed by atoms with Gasteiger partial charge in [0, 0.05) is 17.1 Å². The Morgan fingerprint density at radius 2 is 2.24 bits per heavy atom. The monoisotopic (exact) mass is 355 g/mol. The standard InChI is InChI=1S/C16H22BrNO3/c1-4-21-16(19)12-8-13(18(2)10-12)7-11-5-6-14(20-3)9-15(11)17/h5-6,9,12-13H,4,7-8,10H2,1-3H3/t12-,13-/m1/s1. The summed E-state index contributed by atoms with van der Waals surface area (Å²) in [6, 6.07) is 6.39. The summed E-state index contributed by atoms with van der Waals surface area (Å²) < 4.78 is 11.4. The lowest BCUT2D eigenvalue weighted by Crippen LogP contribution is -2.27. The van der Waals surface area contributed by atoms with Crippen LogP contribution in [0.1, 0.15) is 18.9 Å². The molecular formula is C16H22BrNO3. The minimum atomic E-state index is -0.0688. The molecule has 0 aliphatic carbocycles. The smallest absolute Gasteiger partial charge is 0.310 e. The third-order valence-electron chi connectivity index (χ3n) is 4.02. The highest BCUT2D eigenvalue weighted by Gasteiger charge is 2.34. The summed E-state index contributed by atoms with van der Waals surface area (Å²) in [4.78, 5) is 14.1. The number of rotatable bonds is 5. The third kappa shape index (κ3) is 3.98. The molecule has 4 nitrogen and oxygen atoms in total. The zero-order valence-corrected chi connectivity index (χ0v) is 14.4. The molecule has 0 aromatic heterocycles. The van der Waals surface area contributed by atoms with E-state index in [9.17, 15) is 4.79 Å². The molecule has 21 heavy (non-hydrogen) atoms. The highest BCUT2D eigenvalue weighted by atomic mass is 79.9. The number of benzene rings is 1. The summed E-state index contributed by atoms with van der Waals surface area (Å²) in [5, 5.41) is 0. The van der Waals surface area contributed by atoms with Gasteiger partial charge in [0.25, 0.3) is 0 Å². The predicted octanol–water partition coefficient (Wildman–Crippen LogP) is 2.88. The largest absolute Gasteiger partial charge is 0.497 e. The molecule has 0 spiro atoms. The summed E-state index contributed by atoms with van der Waals surface area (Å²) in [6.45, 7) is 3.08. The van der Waals surface area contributed by atoms with Gasteiger partial charge in [0.2, 0.25) is 0 Å². The molecular weight excluding hydrogens is 334 g/mol. The van der Waals surface area contributed by atoms with Gasteiger partial charge >= 0.3 is 5.97 Å². The minimum absolute atomic E-state index is 0.00280. The normalized spacial score (nSPS) is 22.3. The predicted molar refractivity (Wildman–Crippen MR) is 85.6 cm³/mol. The second-order valence-electron chi connectivity index (χ2n) is 5.44. The number of hydrogen-bond acceptors (Lipinski definition) is 4. The molecule has 1 saturated heterocycles. The van der Waals surface area contributed by atoms with Crippen molar-refractivity contribution in [3.8, 4) is 5.75 Å². The van der Waals surface area contributed by atoms with Crippen LogP contribution in [-0.4, -0.2) is 44.2 Å². The fraction of sp³-hybridized carbons (Fsp3) is 0.562. The van der Waals surface area contributed by atoms with Gasteiger partial charge in [-0.05, 0) is 44.5 Å². The molecule has 0 N–H and O–H groups in total. The van der Waals surface area contributed by atoms with E-state index >= 15 is 0 Å². The first-order valence-electron chi connectivity index (χ1n) is 7.24. The van der Waals surface area contributed by atoms with Crippen LogP contribution < -0.4 is 4.74 Å². The Kier molecular flexibility index (Phi) is 5.65. The number of carbonyl (C=O) groups excluding carboxylic acids is 1. The molecule has 2 atom stereocenters. The van der Waals surface area contributed by atoms with E-state index in [-0.39, 0.29) is 11.9 Å². The van der Waals surface area contributed by atoms with Crippen molar-refractivity contribution in [3.63, 3.8) is 0 Å². The molecule has 1 aliphatic heterocycles. The van der Waals surface area contributed by atoms with Crippen molar-refractivity contribution in [1.82, 2.24) is 4.90 Å². The Labute approximate surface area is 134 Å². The molecule has 0 saturated carbocycles. The number of likely N-dealkylation sites (N-methyl/N-ethyl adjacent to an activating group) is 1. The molecule has 116 valence electrons. The van der Waals surface area contributed by atoms with Crippen molar-refractivity contribution < 1.29 is 14.3 Å². The lowest BCUT2D eigenvalue weighted by Gasteiger charge is -2.19. The third-order valence-corrected chi connectivity index (χ3v) is 4.76. The van der Waals surface area contributed by atoms with Gasteiger partial charge in [-0.25, -0.2) is 0 Å². The quantitative estimate of drug-likeness (QED) is 0.761. The van der Waals surface area contributed by atoms with E-state index < -0.39 is 0 Å². The SMILES string of the molecule is CCOC(=O)[C@@H]1C[C@@H](Cc2ccc(OC)cc2Br)N(C)C1. The van der Waals surface area contributed by atoms with Crippen LogP contribution in [0.15, 0.2) is 22.7 Å². The molecule has 1 heterocycles. The van der Waals surface area contributed by atoms with Crippen molar-refractivity contribution in [3.05, 3.63) is 28.2 Å². The zero-order valence-electron chi connectivity index (χ0n) is 12.8. The Morgan fingerprint density at radius 3 is 2.86 bits per heavy atom. The number of likely N-dealkylation sites (tertiary alicyclic amines) is 1. The Bertz CT molecular complexity index is 506. The highest BCUT2D eigenvalue weighted by Crippen LogP contribution is 2.29. The van der Waals surface area contributed by atoms with Crippen molar-refractivity contribution in [1.29, 1.82) is 0 Å². The van der Waals surface area contributed by atoms with Crippen LogP contribution in [0.4, 0.5) is 0 Å². The van der Waals surface area contributed by atoms with Gasteiger partial charge in [0.1, 0.15) is 5.75 Å². The van der Waals surface area contributed by atoms with Gasteiger partial charge in [0.15, 0.2) is 0 Å². The van der Waals surface area contributed by atoms with Gasteiger partial charge in [-0.3, -0.25) is 4.79 Å². The molecule has 0 bridgehead atoms. The lowest BCUT2D eigenvalue weighted by molar-refractivity contribution is -0.147. The Balaban J connectivity index is 2.01. The van der Waals surface area contributed by atoms with Crippen LogP contribution in [0.2, 0.25) is 0 Å². The van der Waals surface area contributed by atoms with E-state index in [1.54, 1.807) is 7.11 Å². The fourth-order valence-corrected chi connectivity index (χ4v) is 3.34. The minimum Gasteiger partial charge on any atom is -0.497 e. The number of methoxy groups -OCH3 is 1. The zero-order chi connectivity index (χ0) is 15.4. The van der Waals surface area contributed by atoms with Gasteiger partial charge in [-0.2, -0.15) is 0 Å². The van der Waals surface area contributed by atoms with Gasteiger partial charge in [-0.15, -0.1) is 0 Å². The Morgan fingerprint density at radius 1 is 1.48 bits per heavy atom. The van der Waals surface area contributed by atoms with Crippen molar-refractivity contribution >= 4 is 21.9 Å². The Hall–Kier alpha value is -1.07. The number of nitrogens with zero attached hydrogens (tertiary/aromatic N) is 1. The van der Waals surface area contributed by atoms with Gasteiger partial charge < -0.3 is 14.4 Å². The highest BCUT2D eigenvalue weighted by molar-refractivity contribution is 9.10. The van der Waals surface area contributed by atoms with Crippen molar-refractivity contribution in [2.75, 3.05) is 27.3 Å². The van der Waals surface area contributed by atoms with Crippen LogP contribution in [0.25, 0.3) is 0 Å². The molecule has 0 radical (unpaired) electrons. The number of halogens is 1. The topological polar surface area (TPSA) is 38.8 Å². The maximum absolute atomic E-state index is 11.9. The van der Waals surface area contributed by atoms with Crippen LogP contribution >= 0.6 is 15.9 Å². The van der Waals surface area contributed by atoms with Crippen molar-refractivity contribution in [2.45, 2.75) is 25.8 Å². The second-order valence-corrected chi connectivity index (χ2v) is 6.29. The molecule has 5 heteroatoms. The first-order chi connectivity index (χ1) is 10.0. The molecule has 1 aromatic rings. The maximum Gasteiger partial charge on any atom is 0.310 e. The van der Waals surface area contributed by atoms with Crippen LogP contribution in [0.5, 0.6) is 5.75 Å². The molecule has 1 aromatic carbocycles. The van der Waals surface area contributed by atoms with Gasteiger partial charge in [-0.1, -0.05) is 22.0 Å². The van der Waals surface area contributed by atoms with E-state index in [2.05, 4.69) is 33.9 Å². The summed E-state index contributed by atoms with van der Waals surface area (Å²) in [7, 11) is 3.73.